The Balaban J connectivity index is 2.69. The van der Waals surface area contributed by atoms with Crippen molar-refractivity contribution in [3.05, 3.63) is 17.7 Å². The van der Waals surface area contributed by atoms with Gasteiger partial charge in [0, 0.05) is 12.2 Å². The molecule has 0 unspecified atom stereocenters. The predicted octanol–water partition coefficient (Wildman–Crippen LogP) is -0.180. The van der Waals surface area contributed by atoms with E-state index in [1.165, 1.54) is 0 Å². The Hall–Kier alpha value is -0.870. The minimum absolute atomic E-state index is 0.288. The Labute approximate surface area is 72.0 Å². The Bertz CT molecular complexity index is 257. The van der Waals surface area contributed by atoms with E-state index in [0.717, 1.165) is 11.4 Å². The number of aliphatic hydroxyl groups is 1. The maximum atomic E-state index is 9.27. The Kier molecular flexibility index (Phi) is 2.83. The van der Waals surface area contributed by atoms with Crippen LogP contribution < -0.4 is 5.73 Å². The second-order valence-corrected chi connectivity index (χ2v) is 2.96. The van der Waals surface area contributed by atoms with E-state index in [2.05, 4.69) is 4.98 Å². The van der Waals surface area contributed by atoms with Gasteiger partial charge in [-0.15, -0.1) is 0 Å². The molecule has 68 valence electrons. The summed E-state index contributed by atoms with van der Waals surface area (Å²) < 4.78 is 1.91. The monoisotopic (exact) mass is 169 g/mol. The highest BCUT2D eigenvalue weighted by Gasteiger charge is 2.06. The predicted molar refractivity (Wildman–Crippen MR) is 46.8 cm³/mol. The maximum absolute atomic E-state index is 9.27. The molecule has 0 amide bonds. The first-order chi connectivity index (χ1) is 5.65. The Morgan fingerprint density at radius 1 is 1.67 bits per heavy atom. The molecule has 0 aliphatic heterocycles. The van der Waals surface area contributed by atoms with Gasteiger partial charge in [-0.05, 0) is 13.8 Å². The van der Waals surface area contributed by atoms with Crippen LogP contribution in [0.1, 0.15) is 11.4 Å². The molecule has 1 atom stereocenters. The fourth-order valence-electron chi connectivity index (χ4n) is 1.03. The summed E-state index contributed by atoms with van der Waals surface area (Å²) in [4.78, 5) is 4.11. The largest absolute Gasteiger partial charge is 0.390 e. The Morgan fingerprint density at radius 3 is 2.75 bits per heavy atom. The number of nitrogens with zero attached hydrogens (tertiary/aromatic N) is 2. The van der Waals surface area contributed by atoms with Crippen LogP contribution >= 0.6 is 0 Å². The Morgan fingerprint density at radius 2 is 2.33 bits per heavy atom. The number of hydrogen-bond acceptors (Lipinski definition) is 3. The summed E-state index contributed by atoms with van der Waals surface area (Å²) in [5, 5.41) is 9.27. The highest BCUT2D eigenvalue weighted by atomic mass is 16.3. The number of aliphatic hydroxyl groups excluding tert-OH is 1. The van der Waals surface area contributed by atoms with E-state index < -0.39 is 6.10 Å². The maximum Gasteiger partial charge on any atom is 0.0952 e. The van der Waals surface area contributed by atoms with Crippen molar-refractivity contribution in [1.82, 2.24) is 9.55 Å². The SMILES string of the molecule is Cc1ncn(C[C@@H](O)CN)c1C. The zero-order chi connectivity index (χ0) is 9.14. The van der Waals surface area contributed by atoms with Crippen LogP contribution in [0.5, 0.6) is 0 Å². The summed E-state index contributed by atoms with van der Waals surface area (Å²) in [6, 6.07) is 0. The first-order valence-corrected chi connectivity index (χ1v) is 4.01. The van der Waals surface area contributed by atoms with Gasteiger partial charge in [0.25, 0.3) is 0 Å². The average Bonchev–Trinajstić information content (AvgIpc) is 2.36. The van der Waals surface area contributed by atoms with Crippen molar-refractivity contribution in [3.8, 4) is 0 Å². The van der Waals surface area contributed by atoms with Crippen LogP contribution in [0.25, 0.3) is 0 Å². The minimum Gasteiger partial charge on any atom is -0.390 e. The molecule has 0 spiro atoms. The summed E-state index contributed by atoms with van der Waals surface area (Å²) >= 11 is 0. The van der Waals surface area contributed by atoms with Gasteiger partial charge in [0.2, 0.25) is 0 Å². The van der Waals surface area contributed by atoms with E-state index in [9.17, 15) is 5.11 Å². The summed E-state index contributed by atoms with van der Waals surface area (Å²) in [6.07, 6.45) is 1.25. The fraction of sp³-hybridized carbons (Fsp3) is 0.625. The lowest BCUT2D eigenvalue weighted by Crippen LogP contribution is -2.25. The molecule has 0 aromatic carbocycles. The minimum atomic E-state index is -0.475. The normalized spacial score (nSPS) is 13.3. The van der Waals surface area contributed by atoms with Crippen molar-refractivity contribution < 1.29 is 5.11 Å². The third-order valence-corrected chi connectivity index (χ3v) is 2.02. The van der Waals surface area contributed by atoms with Gasteiger partial charge < -0.3 is 15.4 Å². The van der Waals surface area contributed by atoms with Crippen LogP contribution in [0.2, 0.25) is 0 Å². The number of nitrogens with two attached hydrogens (primary N) is 1. The van der Waals surface area contributed by atoms with Gasteiger partial charge in [0.05, 0.1) is 24.7 Å². The molecule has 1 aromatic rings. The van der Waals surface area contributed by atoms with Crippen LogP contribution in [0, 0.1) is 13.8 Å². The van der Waals surface area contributed by atoms with Gasteiger partial charge in [-0.25, -0.2) is 4.98 Å². The standard InChI is InChI=1S/C8H15N3O/c1-6-7(2)11(5-10-6)4-8(12)3-9/h5,8,12H,3-4,9H2,1-2H3/t8-/m0/s1. The molecule has 1 aromatic heterocycles. The molecular formula is C8H15N3O. The number of hydrogen-bond donors (Lipinski definition) is 2. The first-order valence-electron chi connectivity index (χ1n) is 4.01. The number of imidazole rings is 1. The van der Waals surface area contributed by atoms with Crippen molar-refractivity contribution in [2.24, 2.45) is 5.73 Å². The van der Waals surface area contributed by atoms with Gasteiger partial charge in [0.15, 0.2) is 0 Å². The molecule has 1 rings (SSSR count). The molecule has 0 saturated carbocycles. The number of aromatic nitrogens is 2. The third-order valence-electron chi connectivity index (χ3n) is 2.02. The third kappa shape index (κ3) is 1.84. The van der Waals surface area contributed by atoms with Gasteiger partial charge in [-0.1, -0.05) is 0 Å². The van der Waals surface area contributed by atoms with Gasteiger partial charge >= 0.3 is 0 Å². The molecule has 4 nitrogen and oxygen atoms in total. The van der Waals surface area contributed by atoms with Crippen molar-refractivity contribution in [2.75, 3.05) is 6.54 Å². The first kappa shape index (κ1) is 9.22. The molecule has 3 N–H and O–H groups in total. The molecule has 0 saturated heterocycles. The van der Waals surface area contributed by atoms with Crippen molar-refractivity contribution in [2.45, 2.75) is 26.5 Å². The van der Waals surface area contributed by atoms with Gasteiger partial charge in [0.1, 0.15) is 0 Å². The molecule has 12 heavy (non-hydrogen) atoms. The molecule has 0 bridgehead atoms. The zero-order valence-corrected chi connectivity index (χ0v) is 7.49. The van der Waals surface area contributed by atoms with Crippen LogP contribution in [-0.2, 0) is 6.54 Å². The highest BCUT2D eigenvalue weighted by molar-refractivity contribution is 5.08. The van der Waals surface area contributed by atoms with Gasteiger partial charge in [-0.2, -0.15) is 0 Å². The van der Waals surface area contributed by atoms with E-state index in [1.807, 2.05) is 18.4 Å². The van der Waals surface area contributed by atoms with Crippen LogP contribution in [0.3, 0.4) is 0 Å². The van der Waals surface area contributed by atoms with E-state index in [0.29, 0.717) is 6.54 Å². The lowest BCUT2D eigenvalue weighted by atomic mass is 10.3. The average molecular weight is 169 g/mol. The zero-order valence-electron chi connectivity index (χ0n) is 7.49. The van der Waals surface area contributed by atoms with E-state index in [1.54, 1.807) is 6.33 Å². The smallest absolute Gasteiger partial charge is 0.0952 e. The molecule has 0 aliphatic rings. The second kappa shape index (κ2) is 3.69. The van der Waals surface area contributed by atoms with Gasteiger partial charge in [-0.3, -0.25) is 0 Å². The fourth-order valence-corrected chi connectivity index (χ4v) is 1.03. The van der Waals surface area contributed by atoms with Crippen molar-refractivity contribution in [1.29, 1.82) is 0 Å². The topological polar surface area (TPSA) is 64.1 Å². The quantitative estimate of drug-likeness (QED) is 0.659. The summed E-state index contributed by atoms with van der Waals surface area (Å²) in [7, 11) is 0. The molecule has 0 aliphatic carbocycles. The highest BCUT2D eigenvalue weighted by Crippen LogP contribution is 2.04. The molecular weight excluding hydrogens is 154 g/mol. The van der Waals surface area contributed by atoms with Crippen molar-refractivity contribution >= 4 is 0 Å². The van der Waals surface area contributed by atoms with Crippen LogP contribution in [0.4, 0.5) is 0 Å². The van der Waals surface area contributed by atoms with Crippen LogP contribution in [-0.4, -0.2) is 27.3 Å². The van der Waals surface area contributed by atoms with E-state index >= 15 is 0 Å². The summed E-state index contributed by atoms with van der Waals surface area (Å²) in [5.74, 6) is 0. The van der Waals surface area contributed by atoms with Crippen molar-refractivity contribution in [3.63, 3.8) is 0 Å². The van der Waals surface area contributed by atoms with Crippen LogP contribution in [0.15, 0.2) is 6.33 Å². The second-order valence-electron chi connectivity index (χ2n) is 2.96. The lowest BCUT2D eigenvalue weighted by molar-refractivity contribution is 0.161. The van der Waals surface area contributed by atoms with E-state index in [4.69, 9.17) is 5.73 Å². The molecule has 0 fully saturated rings. The number of aryl methyl sites for hydroxylation is 1. The molecule has 1 heterocycles. The summed E-state index contributed by atoms with van der Waals surface area (Å²) in [6.45, 7) is 4.74. The molecule has 4 heteroatoms. The number of rotatable bonds is 3. The molecule has 0 radical (unpaired) electrons. The summed E-state index contributed by atoms with van der Waals surface area (Å²) in [5.41, 5.74) is 7.38. The lowest BCUT2D eigenvalue weighted by Gasteiger charge is -2.09. The van der Waals surface area contributed by atoms with E-state index in [-0.39, 0.29) is 6.54 Å².